The molecule has 3 unspecified atom stereocenters. The Morgan fingerprint density at radius 2 is 1.14 bits per heavy atom. The molecule has 0 radical (unpaired) electrons. The largest absolute Gasteiger partial charge is 0.472 e. The summed E-state index contributed by atoms with van der Waals surface area (Å²) in [6.07, 6.45) is 39.6. The summed E-state index contributed by atoms with van der Waals surface area (Å²) in [5, 5.41) is 20.7. The molecular formula is C46H79NO10P+. The van der Waals surface area contributed by atoms with Crippen molar-refractivity contribution < 1.29 is 52.3 Å². The Hall–Kier alpha value is -2.89. The quantitative estimate of drug-likeness (QED) is 0.0182. The topological polar surface area (TPSA) is 149 Å². The van der Waals surface area contributed by atoms with E-state index in [1.54, 1.807) is 0 Å². The molecule has 0 aliphatic heterocycles. The van der Waals surface area contributed by atoms with Crippen molar-refractivity contribution in [1.82, 2.24) is 0 Å². The summed E-state index contributed by atoms with van der Waals surface area (Å²) in [6, 6.07) is 0. The predicted molar refractivity (Wildman–Crippen MR) is 236 cm³/mol. The van der Waals surface area contributed by atoms with Gasteiger partial charge in [-0.15, -0.1) is 0 Å². The van der Waals surface area contributed by atoms with Crippen molar-refractivity contribution in [3.05, 3.63) is 85.1 Å². The summed E-state index contributed by atoms with van der Waals surface area (Å²) in [7, 11) is 1.28. The van der Waals surface area contributed by atoms with Crippen LogP contribution in [0.1, 0.15) is 129 Å². The molecule has 0 aromatic heterocycles. The number of aliphatic hydroxyl groups excluding tert-OH is 2. The lowest BCUT2D eigenvalue weighted by molar-refractivity contribution is -0.870. The van der Waals surface area contributed by atoms with Crippen LogP contribution in [0.25, 0.3) is 0 Å². The zero-order valence-corrected chi connectivity index (χ0v) is 37.4. The van der Waals surface area contributed by atoms with E-state index in [-0.39, 0.29) is 38.9 Å². The van der Waals surface area contributed by atoms with E-state index in [1.165, 1.54) is 19.3 Å². The van der Waals surface area contributed by atoms with Crippen LogP contribution in [0.2, 0.25) is 0 Å². The summed E-state index contributed by atoms with van der Waals surface area (Å²) >= 11 is 0. The third-order valence-corrected chi connectivity index (χ3v) is 9.59. The van der Waals surface area contributed by atoms with Crippen LogP contribution < -0.4 is 0 Å². The number of aliphatic hydroxyl groups is 2. The maximum absolute atomic E-state index is 12.7. The standard InChI is InChI=1S/C46H78NO10P/c1-6-8-10-12-14-16-18-20-21-22-24-26-28-30-32-36-46(51)57-42(41-56-58(52,53)55-39-38-47(3,4)5)40-54-45(50)37-33-35-44(49)43(48)34-31-29-27-25-23-19-17-15-13-11-9-7-2/h8,10,14-17,20-21,23-26,29,31,42-44,48-49H,6-7,9,11-13,18-19,22,27-28,30,32-41H2,1-5H3/p+1/b10-8-,16-14-,17-15-,21-20-,25-23-,26-24-,31-29-/t42-,43?,44?/m1/s1. The molecular weight excluding hydrogens is 757 g/mol. The number of nitrogens with zero attached hydrogens (tertiary/aromatic N) is 1. The number of allylic oxidation sites excluding steroid dienone is 13. The Labute approximate surface area is 351 Å². The van der Waals surface area contributed by atoms with Crippen LogP contribution in [0.4, 0.5) is 0 Å². The van der Waals surface area contributed by atoms with E-state index in [0.29, 0.717) is 23.9 Å². The first kappa shape index (κ1) is 55.1. The number of phosphoric acid groups is 1. The second kappa shape index (κ2) is 37.1. The summed E-state index contributed by atoms with van der Waals surface area (Å²) < 4.78 is 34.0. The normalized spacial score (nSPS) is 15.5. The molecule has 0 spiro atoms. The first-order chi connectivity index (χ1) is 27.8. The first-order valence-corrected chi connectivity index (χ1v) is 23.0. The highest BCUT2D eigenvalue weighted by Crippen LogP contribution is 2.43. The van der Waals surface area contributed by atoms with Crippen molar-refractivity contribution in [1.29, 1.82) is 0 Å². The third-order valence-electron chi connectivity index (χ3n) is 8.61. The second-order valence-electron chi connectivity index (χ2n) is 15.3. The van der Waals surface area contributed by atoms with Gasteiger partial charge in [0.25, 0.3) is 0 Å². The third kappa shape index (κ3) is 38.6. The Kier molecular flexibility index (Phi) is 35.3. The average molecular weight is 837 g/mol. The van der Waals surface area contributed by atoms with Gasteiger partial charge in [0.15, 0.2) is 6.10 Å². The second-order valence-corrected chi connectivity index (χ2v) is 16.8. The van der Waals surface area contributed by atoms with E-state index in [4.69, 9.17) is 18.5 Å². The van der Waals surface area contributed by atoms with Crippen LogP contribution >= 0.6 is 7.82 Å². The van der Waals surface area contributed by atoms with Crippen molar-refractivity contribution in [2.24, 2.45) is 0 Å². The Morgan fingerprint density at radius 3 is 1.69 bits per heavy atom. The lowest BCUT2D eigenvalue weighted by atomic mass is 10.0. The number of likely N-dealkylation sites (N-methyl/N-ethyl adjacent to an activating group) is 1. The van der Waals surface area contributed by atoms with Crippen molar-refractivity contribution in [2.45, 2.75) is 148 Å². The van der Waals surface area contributed by atoms with E-state index in [0.717, 1.165) is 57.8 Å². The molecule has 0 rings (SSSR count). The molecule has 332 valence electrons. The number of phosphoric ester groups is 1. The van der Waals surface area contributed by atoms with E-state index in [2.05, 4.69) is 86.8 Å². The number of carbonyl (C=O) groups excluding carboxylic acids is 2. The number of hydrogen-bond donors (Lipinski definition) is 3. The molecule has 0 fully saturated rings. The maximum atomic E-state index is 12.7. The van der Waals surface area contributed by atoms with Crippen molar-refractivity contribution in [3.8, 4) is 0 Å². The average Bonchev–Trinajstić information content (AvgIpc) is 3.17. The van der Waals surface area contributed by atoms with Crippen LogP contribution in [-0.4, -0.2) is 97.3 Å². The number of carbonyl (C=O) groups is 2. The van der Waals surface area contributed by atoms with Crippen LogP contribution in [0.5, 0.6) is 0 Å². The number of ether oxygens (including phenoxy) is 2. The molecule has 0 aromatic rings. The lowest BCUT2D eigenvalue weighted by Gasteiger charge is -2.24. The van der Waals surface area contributed by atoms with Crippen LogP contribution in [-0.2, 0) is 32.7 Å². The number of unbranched alkanes of at least 4 members (excludes halogenated alkanes) is 5. The highest BCUT2D eigenvalue weighted by Gasteiger charge is 2.27. The molecule has 4 atom stereocenters. The molecule has 12 heteroatoms. The highest BCUT2D eigenvalue weighted by molar-refractivity contribution is 7.47. The van der Waals surface area contributed by atoms with Gasteiger partial charge in [-0.3, -0.25) is 18.6 Å². The Bertz CT molecular complexity index is 1300. The van der Waals surface area contributed by atoms with Crippen molar-refractivity contribution in [3.63, 3.8) is 0 Å². The van der Waals surface area contributed by atoms with Crippen LogP contribution in [0, 0.1) is 0 Å². The molecule has 0 aromatic carbocycles. The number of quaternary nitrogens is 1. The minimum Gasteiger partial charge on any atom is -0.462 e. The fraction of sp³-hybridized carbons (Fsp3) is 0.652. The van der Waals surface area contributed by atoms with Crippen LogP contribution in [0.3, 0.4) is 0 Å². The monoisotopic (exact) mass is 837 g/mol. The van der Waals surface area contributed by atoms with Gasteiger partial charge < -0.3 is 29.1 Å². The summed E-state index contributed by atoms with van der Waals surface area (Å²) in [4.78, 5) is 35.4. The van der Waals surface area contributed by atoms with E-state index in [9.17, 15) is 29.3 Å². The van der Waals surface area contributed by atoms with Gasteiger partial charge >= 0.3 is 19.8 Å². The van der Waals surface area contributed by atoms with E-state index in [1.807, 2.05) is 33.3 Å². The molecule has 0 saturated heterocycles. The molecule has 58 heavy (non-hydrogen) atoms. The van der Waals surface area contributed by atoms with Gasteiger partial charge in [-0.05, 0) is 89.9 Å². The minimum atomic E-state index is -4.46. The van der Waals surface area contributed by atoms with Gasteiger partial charge in [0.1, 0.15) is 19.8 Å². The Morgan fingerprint density at radius 1 is 0.621 bits per heavy atom. The summed E-state index contributed by atoms with van der Waals surface area (Å²) in [5.41, 5.74) is 0. The fourth-order valence-electron chi connectivity index (χ4n) is 5.11. The first-order valence-electron chi connectivity index (χ1n) is 21.5. The molecule has 11 nitrogen and oxygen atoms in total. The zero-order chi connectivity index (χ0) is 43.2. The number of hydrogen-bond acceptors (Lipinski definition) is 9. The van der Waals surface area contributed by atoms with Crippen molar-refractivity contribution >= 4 is 19.8 Å². The summed E-state index contributed by atoms with van der Waals surface area (Å²) in [6.45, 7) is 3.86. The van der Waals surface area contributed by atoms with E-state index < -0.39 is 44.7 Å². The minimum absolute atomic E-state index is 0.0263. The molecule has 3 N–H and O–H groups in total. The maximum Gasteiger partial charge on any atom is 0.472 e. The number of rotatable bonds is 37. The summed E-state index contributed by atoms with van der Waals surface area (Å²) in [5.74, 6) is -1.14. The zero-order valence-electron chi connectivity index (χ0n) is 36.5. The molecule has 0 aliphatic rings. The lowest BCUT2D eigenvalue weighted by Crippen LogP contribution is -2.37. The smallest absolute Gasteiger partial charge is 0.462 e. The molecule has 0 amide bonds. The van der Waals surface area contributed by atoms with Gasteiger partial charge in [-0.2, -0.15) is 0 Å². The molecule has 0 saturated carbocycles. The van der Waals surface area contributed by atoms with Crippen molar-refractivity contribution in [2.75, 3.05) is 47.5 Å². The van der Waals surface area contributed by atoms with Crippen LogP contribution in [0.15, 0.2) is 85.1 Å². The number of esters is 2. The molecule has 0 aliphatic carbocycles. The molecule has 0 heterocycles. The SMILES string of the molecule is CC/C=C\C/C=C\C/C=C\C/C=C\CCCCC(=O)O[C@H](COC(=O)CCCC(O)C(O)C/C=C\C/C=C\C/C=C\CCCCC)COP(=O)(O)OCC[N+](C)(C)C. The van der Waals surface area contributed by atoms with Gasteiger partial charge in [0.05, 0.1) is 40.0 Å². The van der Waals surface area contributed by atoms with Gasteiger partial charge in [-0.25, -0.2) is 4.57 Å². The molecule has 0 bridgehead atoms. The Balaban J connectivity index is 4.70. The fourth-order valence-corrected chi connectivity index (χ4v) is 5.85. The van der Waals surface area contributed by atoms with E-state index >= 15 is 0 Å². The predicted octanol–water partition coefficient (Wildman–Crippen LogP) is 9.96. The highest BCUT2D eigenvalue weighted by atomic mass is 31.2. The van der Waals surface area contributed by atoms with Gasteiger partial charge in [0.2, 0.25) is 0 Å². The van der Waals surface area contributed by atoms with Gasteiger partial charge in [-0.1, -0.05) is 112 Å². The van der Waals surface area contributed by atoms with Gasteiger partial charge in [0, 0.05) is 12.8 Å².